The summed E-state index contributed by atoms with van der Waals surface area (Å²) in [6.45, 7) is 7.33. The van der Waals surface area contributed by atoms with E-state index in [1.807, 2.05) is 56.3 Å². The fourth-order valence-corrected chi connectivity index (χ4v) is 4.10. The highest BCUT2D eigenvalue weighted by Gasteiger charge is 2.56. The van der Waals surface area contributed by atoms with Crippen LogP contribution in [-0.4, -0.2) is 21.9 Å². The van der Waals surface area contributed by atoms with E-state index in [1.54, 1.807) is 19.9 Å². The Kier molecular flexibility index (Phi) is 5.09. The van der Waals surface area contributed by atoms with Gasteiger partial charge < -0.3 is 10.1 Å². The standard InChI is InChI=1S/C23H26F3NO/c1-15-9-10-16(2)19(11-15)21(3,4)14-22(28,23(24,25)26)13-18-12-17-7-5-6-8-20(17)27-18/h5-12,27-28H,13-14H2,1-4H3. The molecule has 0 radical (unpaired) electrons. The molecular formula is C23H26F3NO. The Hall–Kier alpha value is -2.27. The Labute approximate surface area is 163 Å². The van der Waals surface area contributed by atoms with Gasteiger partial charge in [0, 0.05) is 17.6 Å². The molecular weight excluding hydrogens is 363 g/mol. The van der Waals surface area contributed by atoms with E-state index in [9.17, 15) is 18.3 Å². The first-order valence-corrected chi connectivity index (χ1v) is 9.35. The molecule has 3 rings (SSSR count). The molecule has 2 aromatic carbocycles. The monoisotopic (exact) mass is 389 g/mol. The van der Waals surface area contributed by atoms with Gasteiger partial charge in [0.05, 0.1) is 0 Å². The molecule has 28 heavy (non-hydrogen) atoms. The lowest BCUT2D eigenvalue weighted by atomic mass is 9.72. The van der Waals surface area contributed by atoms with Gasteiger partial charge in [0.15, 0.2) is 5.60 Å². The first-order valence-electron chi connectivity index (χ1n) is 9.35. The van der Waals surface area contributed by atoms with Crippen LogP contribution in [0.3, 0.4) is 0 Å². The Morgan fingerprint density at radius 1 is 0.964 bits per heavy atom. The fraction of sp³-hybridized carbons (Fsp3) is 0.391. The first-order chi connectivity index (χ1) is 12.9. The number of rotatable bonds is 5. The van der Waals surface area contributed by atoms with Gasteiger partial charge in [-0.15, -0.1) is 0 Å². The first kappa shape index (κ1) is 20.5. The molecule has 0 amide bonds. The Bertz CT molecular complexity index is 954. The molecule has 0 aliphatic carbocycles. The maximum absolute atomic E-state index is 14.0. The largest absolute Gasteiger partial charge is 0.417 e. The summed E-state index contributed by atoms with van der Waals surface area (Å²) < 4.78 is 42.0. The number of aromatic amines is 1. The van der Waals surface area contributed by atoms with Crippen molar-refractivity contribution >= 4 is 10.9 Å². The summed E-state index contributed by atoms with van der Waals surface area (Å²) in [5, 5.41) is 11.7. The average Bonchev–Trinajstić information content (AvgIpc) is 2.97. The molecule has 3 aromatic rings. The second kappa shape index (κ2) is 6.96. The predicted octanol–water partition coefficient (Wildman–Crippen LogP) is 5.99. The lowest BCUT2D eigenvalue weighted by Crippen LogP contribution is -2.51. The minimum atomic E-state index is -4.75. The lowest BCUT2D eigenvalue weighted by molar-refractivity contribution is -0.266. The number of hydrogen-bond donors (Lipinski definition) is 2. The molecule has 5 heteroatoms. The van der Waals surface area contributed by atoms with Gasteiger partial charge in [-0.1, -0.05) is 55.8 Å². The maximum Gasteiger partial charge on any atom is 0.417 e. The SMILES string of the molecule is Cc1ccc(C)c(C(C)(C)CC(O)(Cc2cc3ccccc3[nH]2)C(F)(F)F)c1. The lowest BCUT2D eigenvalue weighted by Gasteiger charge is -2.38. The molecule has 0 fully saturated rings. The zero-order valence-electron chi connectivity index (χ0n) is 16.6. The molecule has 1 heterocycles. The molecule has 1 unspecified atom stereocenters. The third-order valence-electron chi connectivity index (χ3n) is 5.45. The van der Waals surface area contributed by atoms with Crippen molar-refractivity contribution in [2.45, 2.75) is 57.7 Å². The van der Waals surface area contributed by atoms with Crippen molar-refractivity contribution in [1.82, 2.24) is 4.98 Å². The fourth-order valence-electron chi connectivity index (χ4n) is 4.10. The van der Waals surface area contributed by atoms with E-state index in [0.29, 0.717) is 5.69 Å². The summed E-state index contributed by atoms with van der Waals surface area (Å²) in [4.78, 5) is 3.01. The van der Waals surface area contributed by atoms with Gasteiger partial charge >= 0.3 is 6.18 Å². The summed E-state index contributed by atoms with van der Waals surface area (Å²) >= 11 is 0. The number of aryl methyl sites for hydroxylation is 2. The van der Waals surface area contributed by atoms with Crippen LogP contribution in [0, 0.1) is 13.8 Å². The Balaban J connectivity index is 1.98. The van der Waals surface area contributed by atoms with Crippen molar-refractivity contribution < 1.29 is 18.3 Å². The van der Waals surface area contributed by atoms with Gasteiger partial charge in [0.1, 0.15) is 0 Å². The van der Waals surface area contributed by atoms with Crippen LogP contribution >= 0.6 is 0 Å². The summed E-state index contributed by atoms with van der Waals surface area (Å²) in [6.07, 6.45) is -5.69. The number of fused-ring (bicyclic) bond motifs is 1. The smallest absolute Gasteiger partial charge is 0.380 e. The number of aromatic nitrogens is 1. The Morgan fingerprint density at radius 3 is 2.29 bits per heavy atom. The van der Waals surface area contributed by atoms with Crippen LogP contribution in [0.15, 0.2) is 48.5 Å². The van der Waals surface area contributed by atoms with Crippen molar-refractivity contribution in [3.63, 3.8) is 0 Å². The molecule has 0 aliphatic heterocycles. The van der Waals surface area contributed by atoms with Crippen LogP contribution in [-0.2, 0) is 11.8 Å². The number of benzene rings is 2. The van der Waals surface area contributed by atoms with Gasteiger partial charge in [-0.25, -0.2) is 0 Å². The van der Waals surface area contributed by atoms with Crippen molar-refractivity contribution in [1.29, 1.82) is 0 Å². The highest BCUT2D eigenvalue weighted by atomic mass is 19.4. The van der Waals surface area contributed by atoms with E-state index < -0.39 is 30.0 Å². The normalized spacial score (nSPS) is 15.0. The molecule has 0 saturated heterocycles. The van der Waals surface area contributed by atoms with E-state index in [4.69, 9.17) is 0 Å². The molecule has 0 saturated carbocycles. The van der Waals surface area contributed by atoms with Gasteiger partial charge in [0.2, 0.25) is 0 Å². The molecule has 150 valence electrons. The number of alkyl halides is 3. The predicted molar refractivity (Wildman–Crippen MR) is 107 cm³/mol. The third-order valence-corrected chi connectivity index (χ3v) is 5.45. The number of para-hydroxylation sites is 1. The summed E-state index contributed by atoms with van der Waals surface area (Å²) in [7, 11) is 0. The molecule has 0 spiro atoms. The van der Waals surface area contributed by atoms with Crippen molar-refractivity contribution in [2.75, 3.05) is 0 Å². The number of hydrogen-bond acceptors (Lipinski definition) is 1. The summed E-state index contributed by atoms with van der Waals surface area (Å²) in [5.41, 5.74) is 0.172. The number of H-pyrrole nitrogens is 1. The van der Waals surface area contributed by atoms with Crippen LogP contribution in [0.1, 0.15) is 42.7 Å². The van der Waals surface area contributed by atoms with Gasteiger partial charge in [0.25, 0.3) is 0 Å². The molecule has 1 atom stereocenters. The van der Waals surface area contributed by atoms with Crippen LogP contribution < -0.4 is 0 Å². The number of nitrogens with one attached hydrogen (secondary N) is 1. The molecule has 2 N–H and O–H groups in total. The van der Waals surface area contributed by atoms with E-state index in [1.165, 1.54) is 0 Å². The van der Waals surface area contributed by atoms with E-state index >= 15 is 0 Å². The van der Waals surface area contributed by atoms with E-state index in [-0.39, 0.29) is 0 Å². The molecule has 2 nitrogen and oxygen atoms in total. The minimum Gasteiger partial charge on any atom is -0.380 e. The number of halogens is 3. The van der Waals surface area contributed by atoms with E-state index in [0.717, 1.165) is 27.6 Å². The number of aliphatic hydroxyl groups is 1. The van der Waals surface area contributed by atoms with Crippen molar-refractivity contribution in [2.24, 2.45) is 0 Å². The van der Waals surface area contributed by atoms with Crippen molar-refractivity contribution in [3.8, 4) is 0 Å². The zero-order valence-corrected chi connectivity index (χ0v) is 16.6. The maximum atomic E-state index is 14.0. The summed E-state index contributed by atoms with van der Waals surface area (Å²) in [6, 6.07) is 14.7. The van der Waals surface area contributed by atoms with E-state index in [2.05, 4.69) is 4.98 Å². The van der Waals surface area contributed by atoms with Gasteiger partial charge in [-0.3, -0.25) is 0 Å². The highest BCUT2D eigenvalue weighted by molar-refractivity contribution is 5.80. The molecule has 0 bridgehead atoms. The zero-order chi connectivity index (χ0) is 20.7. The second-order valence-electron chi connectivity index (χ2n) is 8.47. The second-order valence-corrected chi connectivity index (χ2v) is 8.47. The third kappa shape index (κ3) is 3.95. The highest BCUT2D eigenvalue weighted by Crippen LogP contribution is 2.44. The Morgan fingerprint density at radius 2 is 1.64 bits per heavy atom. The quantitative estimate of drug-likeness (QED) is 0.553. The van der Waals surface area contributed by atoms with Gasteiger partial charge in [-0.2, -0.15) is 13.2 Å². The van der Waals surface area contributed by atoms with Crippen molar-refractivity contribution in [3.05, 3.63) is 70.9 Å². The molecule has 1 aromatic heterocycles. The van der Waals surface area contributed by atoms with Crippen LogP contribution in [0.4, 0.5) is 13.2 Å². The molecule has 0 aliphatic rings. The van der Waals surface area contributed by atoms with Crippen LogP contribution in [0.5, 0.6) is 0 Å². The topological polar surface area (TPSA) is 36.0 Å². The van der Waals surface area contributed by atoms with Crippen LogP contribution in [0.2, 0.25) is 0 Å². The minimum absolute atomic E-state index is 0.373. The van der Waals surface area contributed by atoms with Crippen LogP contribution in [0.25, 0.3) is 10.9 Å². The summed E-state index contributed by atoms with van der Waals surface area (Å²) in [5.74, 6) is 0. The average molecular weight is 389 g/mol. The van der Waals surface area contributed by atoms with Gasteiger partial charge in [-0.05, 0) is 54.3 Å².